The predicted molar refractivity (Wildman–Crippen MR) is 178 cm³/mol. The van der Waals surface area contributed by atoms with Gasteiger partial charge in [-0.05, 0) is 106 Å². The van der Waals surface area contributed by atoms with Crippen LogP contribution in [-0.4, -0.2) is 76.4 Å². The van der Waals surface area contributed by atoms with Gasteiger partial charge in [-0.3, -0.25) is 10.1 Å². The molecule has 0 bridgehead atoms. The minimum Gasteiger partial charge on any atom is -0.490 e. The number of hydrogen-bond acceptors (Lipinski definition) is 7. The first-order valence-electron chi connectivity index (χ1n) is 15.4. The molecule has 230 valence electrons. The second-order valence-electron chi connectivity index (χ2n) is 12.1. The van der Waals surface area contributed by atoms with E-state index < -0.39 is 0 Å². The van der Waals surface area contributed by atoms with Crippen molar-refractivity contribution in [3.8, 4) is 39.4 Å². The van der Waals surface area contributed by atoms with Crippen molar-refractivity contribution in [3.05, 3.63) is 78.5 Å². The van der Waals surface area contributed by atoms with Crippen LogP contribution in [0, 0.1) is 12.7 Å². The quantitative estimate of drug-likeness (QED) is 0.152. The van der Waals surface area contributed by atoms with Gasteiger partial charge < -0.3 is 25.3 Å². The molecule has 0 amide bonds. The number of nitrogens with one attached hydrogen (secondary N) is 4. The molecule has 0 spiro atoms. The molecular weight excluding hydrogens is 567 g/mol. The number of aromatic amines is 2. The summed E-state index contributed by atoms with van der Waals surface area (Å²) in [7, 11) is 4.02. The van der Waals surface area contributed by atoms with Gasteiger partial charge >= 0.3 is 0 Å². The third-order valence-corrected chi connectivity index (χ3v) is 8.29. The first-order chi connectivity index (χ1) is 21.9. The highest BCUT2D eigenvalue weighted by molar-refractivity contribution is 6.01. The molecule has 6 aromatic rings. The third kappa shape index (κ3) is 6.25. The van der Waals surface area contributed by atoms with Gasteiger partial charge in [0.2, 0.25) is 0 Å². The Morgan fingerprint density at radius 3 is 2.64 bits per heavy atom. The van der Waals surface area contributed by atoms with Crippen LogP contribution in [-0.2, 0) is 0 Å². The average Bonchev–Trinajstić information content (AvgIpc) is 3.65. The summed E-state index contributed by atoms with van der Waals surface area (Å²) in [5.41, 5.74) is 8.60. The fourth-order valence-electron chi connectivity index (χ4n) is 6.03. The molecule has 1 aliphatic heterocycles. The SMILES string of the molecule is Cc1cc(OC2CCNCC2)cc(-c2cnc3[nH]nc(-c4cc5c(-c6cc(F)cc(NCCN(C)C)c6)cncc5[nH]4)c3c2)c1. The zero-order valence-corrected chi connectivity index (χ0v) is 25.7. The molecule has 9 nitrogen and oxygen atoms in total. The molecular formula is C35H37FN8O. The van der Waals surface area contributed by atoms with E-state index in [0.717, 1.165) is 99.4 Å². The van der Waals surface area contributed by atoms with E-state index in [0.29, 0.717) is 12.2 Å². The molecule has 0 aliphatic carbocycles. The predicted octanol–water partition coefficient (Wildman–Crippen LogP) is 6.39. The Labute approximate surface area is 261 Å². The number of aryl methyl sites for hydroxylation is 1. The van der Waals surface area contributed by atoms with Crippen molar-refractivity contribution in [1.29, 1.82) is 0 Å². The van der Waals surface area contributed by atoms with Gasteiger partial charge in [-0.25, -0.2) is 9.37 Å². The molecule has 0 unspecified atom stereocenters. The zero-order chi connectivity index (χ0) is 30.9. The van der Waals surface area contributed by atoms with Crippen LogP contribution in [0.25, 0.3) is 55.6 Å². The van der Waals surface area contributed by atoms with Crippen LogP contribution in [0.1, 0.15) is 18.4 Å². The van der Waals surface area contributed by atoms with Gasteiger partial charge in [0, 0.05) is 53.1 Å². The minimum atomic E-state index is -0.301. The van der Waals surface area contributed by atoms with Crippen LogP contribution in [0.4, 0.5) is 10.1 Å². The van der Waals surface area contributed by atoms with E-state index in [1.54, 1.807) is 18.5 Å². The number of benzene rings is 2. The molecule has 0 atom stereocenters. The summed E-state index contributed by atoms with van der Waals surface area (Å²) in [4.78, 5) is 14.7. The summed E-state index contributed by atoms with van der Waals surface area (Å²) in [5.74, 6) is 0.582. The van der Waals surface area contributed by atoms with Crippen molar-refractivity contribution in [2.24, 2.45) is 0 Å². The Hall–Kier alpha value is -4.80. The molecule has 1 fully saturated rings. The van der Waals surface area contributed by atoms with E-state index in [4.69, 9.17) is 9.72 Å². The fraction of sp³-hybridized carbons (Fsp3) is 0.286. The van der Waals surface area contributed by atoms with Gasteiger partial charge in [-0.15, -0.1) is 0 Å². The molecule has 4 N–H and O–H groups in total. The number of nitrogens with zero attached hydrogens (tertiary/aromatic N) is 4. The number of ether oxygens (including phenoxy) is 1. The standard InChI is InChI=1S/C35H37FN8O/c1-21-10-22(14-28(11-21)45-27-4-6-37-7-5-27)24-15-30-34(42-43-35(30)40-18-24)32-17-29-31(19-38-20-33(29)41-32)23-12-25(36)16-26(13-23)39-8-9-44(2)3/h10-20,27,37,39,41H,4-9H2,1-3H3,(H,40,42,43). The van der Waals surface area contributed by atoms with Crippen molar-refractivity contribution >= 4 is 27.6 Å². The number of aromatic nitrogens is 5. The van der Waals surface area contributed by atoms with Crippen molar-refractivity contribution in [2.45, 2.75) is 25.9 Å². The van der Waals surface area contributed by atoms with Gasteiger partial charge in [-0.2, -0.15) is 5.10 Å². The van der Waals surface area contributed by atoms with Crippen molar-refractivity contribution in [3.63, 3.8) is 0 Å². The minimum absolute atomic E-state index is 0.224. The van der Waals surface area contributed by atoms with Gasteiger partial charge in [-0.1, -0.05) is 6.07 Å². The average molecular weight is 605 g/mol. The van der Waals surface area contributed by atoms with E-state index in [-0.39, 0.29) is 11.9 Å². The maximum atomic E-state index is 14.7. The summed E-state index contributed by atoms with van der Waals surface area (Å²) in [6, 6.07) is 15.6. The zero-order valence-electron chi connectivity index (χ0n) is 25.7. The molecule has 7 rings (SSSR count). The van der Waals surface area contributed by atoms with E-state index in [1.165, 1.54) is 6.07 Å². The lowest BCUT2D eigenvalue weighted by Gasteiger charge is -2.24. The number of hydrogen-bond donors (Lipinski definition) is 4. The lowest BCUT2D eigenvalue weighted by molar-refractivity contribution is 0.162. The van der Waals surface area contributed by atoms with Gasteiger partial charge in [0.05, 0.1) is 17.4 Å². The highest BCUT2D eigenvalue weighted by Gasteiger charge is 2.18. The number of pyridine rings is 2. The van der Waals surface area contributed by atoms with Crippen molar-refractivity contribution in [1.82, 2.24) is 35.4 Å². The number of H-pyrrole nitrogens is 2. The van der Waals surface area contributed by atoms with Gasteiger partial charge in [0.15, 0.2) is 5.65 Å². The van der Waals surface area contributed by atoms with E-state index in [9.17, 15) is 4.39 Å². The molecule has 0 saturated carbocycles. The number of piperidine rings is 1. The molecule has 0 radical (unpaired) electrons. The van der Waals surface area contributed by atoms with Gasteiger partial charge in [0.1, 0.15) is 23.4 Å². The first kappa shape index (κ1) is 28.9. The number of halogens is 1. The summed E-state index contributed by atoms with van der Waals surface area (Å²) in [6.07, 6.45) is 7.67. The van der Waals surface area contributed by atoms with Crippen LogP contribution in [0.5, 0.6) is 5.75 Å². The Kier molecular flexibility index (Phi) is 7.91. The Bertz CT molecular complexity index is 1970. The van der Waals surface area contributed by atoms with Crippen LogP contribution >= 0.6 is 0 Å². The van der Waals surface area contributed by atoms with Crippen molar-refractivity contribution < 1.29 is 9.13 Å². The molecule has 10 heteroatoms. The highest BCUT2D eigenvalue weighted by Crippen LogP contribution is 2.36. The number of likely N-dealkylation sites (N-methyl/N-ethyl adjacent to an activating group) is 1. The molecule has 1 saturated heterocycles. The summed E-state index contributed by atoms with van der Waals surface area (Å²) < 4.78 is 21.1. The van der Waals surface area contributed by atoms with Crippen LogP contribution in [0.2, 0.25) is 0 Å². The lowest BCUT2D eigenvalue weighted by atomic mass is 10.0. The number of rotatable bonds is 9. The maximum Gasteiger partial charge on any atom is 0.155 e. The smallest absolute Gasteiger partial charge is 0.155 e. The third-order valence-electron chi connectivity index (χ3n) is 8.29. The Morgan fingerprint density at radius 1 is 0.933 bits per heavy atom. The second kappa shape index (κ2) is 12.3. The van der Waals surface area contributed by atoms with Crippen LogP contribution < -0.4 is 15.4 Å². The molecule has 2 aromatic carbocycles. The van der Waals surface area contributed by atoms with Crippen molar-refractivity contribution in [2.75, 3.05) is 45.6 Å². The molecule has 4 aromatic heterocycles. The number of fused-ring (bicyclic) bond motifs is 2. The second-order valence-corrected chi connectivity index (χ2v) is 12.1. The topological polar surface area (TPSA) is 107 Å². The normalized spacial score (nSPS) is 14.1. The lowest BCUT2D eigenvalue weighted by Crippen LogP contribution is -2.34. The van der Waals surface area contributed by atoms with E-state index in [2.05, 4.69) is 73.0 Å². The van der Waals surface area contributed by atoms with E-state index >= 15 is 0 Å². The number of anilines is 1. The Balaban J connectivity index is 1.22. The Morgan fingerprint density at radius 2 is 1.80 bits per heavy atom. The van der Waals surface area contributed by atoms with Gasteiger partial charge in [0.25, 0.3) is 0 Å². The van der Waals surface area contributed by atoms with Crippen LogP contribution in [0.3, 0.4) is 0 Å². The highest BCUT2D eigenvalue weighted by atomic mass is 19.1. The monoisotopic (exact) mass is 604 g/mol. The molecule has 45 heavy (non-hydrogen) atoms. The maximum absolute atomic E-state index is 14.7. The summed E-state index contributed by atoms with van der Waals surface area (Å²) in [5, 5.41) is 16.3. The van der Waals surface area contributed by atoms with Crippen LogP contribution in [0.15, 0.2) is 67.1 Å². The fourth-order valence-corrected chi connectivity index (χ4v) is 6.03. The first-order valence-corrected chi connectivity index (χ1v) is 15.4. The molecule has 5 heterocycles. The summed E-state index contributed by atoms with van der Waals surface area (Å²) in [6.45, 7) is 5.61. The van der Waals surface area contributed by atoms with E-state index in [1.807, 2.05) is 26.4 Å². The molecule has 1 aliphatic rings. The summed E-state index contributed by atoms with van der Waals surface area (Å²) >= 11 is 0. The largest absolute Gasteiger partial charge is 0.490 e.